The van der Waals surface area contributed by atoms with Crippen LogP contribution < -0.4 is 10.1 Å². The van der Waals surface area contributed by atoms with Crippen molar-refractivity contribution >= 4 is 11.5 Å². The molecule has 1 aliphatic heterocycles. The number of aromatic nitrogens is 3. The molecule has 0 bridgehead atoms. The van der Waals surface area contributed by atoms with Crippen molar-refractivity contribution < 1.29 is 4.74 Å². The van der Waals surface area contributed by atoms with E-state index in [0.29, 0.717) is 5.82 Å². The van der Waals surface area contributed by atoms with Crippen LogP contribution in [-0.2, 0) is 19.5 Å². The smallest absolute Gasteiger partial charge is 0.161 e. The second-order valence-electron chi connectivity index (χ2n) is 7.86. The Morgan fingerprint density at radius 1 is 0.969 bits per heavy atom. The largest absolute Gasteiger partial charge is 0.497 e. The number of rotatable bonds is 6. The molecule has 1 N–H and O–H groups in total. The van der Waals surface area contributed by atoms with Crippen molar-refractivity contribution in [1.82, 2.24) is 19.9 Å². The molecule has 1 aliphatic rings. The van der Waals surface area contributed by atoms with Gasteiger partial charge in [-0.05, 0) is 29.8 Å². The Kier molecular flexibility index (Phi) is 5.77. The normalized spacial score (nSPS) is 13.4. The fourth-order valence-electron chi connectivity index (χ4n) is 4.02. The van der Waals surface area contributed by atoms with Crippen LogP contribution >= 0.6 is 0 Å². The zero-order valence-electron chi connectivity index (χ0n) is 18.0. The maximum atomic E-state index is 5.39. The summed E-state index contributed by atoms with van der Waals surface area (Å²) in [5.41, 5.74) is 5.45. The monoisotopic (exact) mass is 423 g/mol. The summed E-state index contributed by atoms with van der Waals surface area (Å²) in [5, 5.41) is 3.53. The van der Waals surface area contributed by atoms with E-state index in [0.717, 1.165) is 60.1 Å². The minimum Gasteiger partial charge on any atom is -0.497 e. The highest BCUT2D eigenvalue weighted by Gasteiger charge is 2.23. The highest BCUT2D eigenvalue weighted by atomic mass is 16.5. The number of anilines is 2. The molecule has 6 nitrogen and oxygen atoms in total. The van der Waals surface area contributed by atoms with Crippen LogP contribution in [0.25, 0.3) is 11.4 Å². The quantitative estimate of drug-likeness (QED) is 0.478. The van der Waals surface area contributed by atoms with Crippen LogP contribution in [0.1, 0.15) is 16.8 Å². The van der Waals surface area contributed by atoms with Gasteiger partial charge in [-0.3, -0.25) is 9.88 Å². The Hall–Kier alpha value is -3.77. The number of nitrogens with zero attached hydrogens (tertiary/aromatic N) is 4. The Morgan fingerprint density at radius 2 is 1.81 bits per heavy atom. The van der Waals surface area contributed by atoms with Gasteiger partial charge in [0, 0.05) is 61.3 Å². The van der Waals surface area contributed by atoms with E-state index in [9.17, 15) is 0 Å². The summed E-state index contributed by atoms with van der Waals surface area (Å²) >= 11 is 0. The first kappa shape index (κ1) is 20.2. The molecule has 0 unspecified atom stereocenters. The lowest BCUT2D eigenvalue weighted by atomic mass is 10.0. The highest BCUT2D eigenvalue weighted by molar-refractivity contribution is 5.66. The second-order valence-corrected chi connectivity index (χ2v) is 7.86. The van der Waals surface area contributed by atoms with Gasteiger partial charge in [-0.2, -0.15) is 0 Å². The van der Waals surface area contributed by atoms with Gasteiger partial charge in [0.15, 0.2) is 5.82 Å². The average Bonchev–Trinajstić information content (AvgIpc) is 2.85. The molecule has 0 saturated heterocycles. The van der Waals surface area contributed by atoms with Crippen LogP contribution in [0.2, 0.25) is 0 Å². The summed E-state index contributed by atoms with van der Waals surface area (Å²) < 4.78 is 5.39. The third-order valence-electron chi connectivity index (χ3n) is 5.66. The third kappa shape index (κ3) is 4.45. The standard InChI is InChI=1S/C26H25N5O/c1-32-22-9-5-8-21(16-22)28-26-23-18-31(17-19-6-3-2-4-7-19)15-12-24(23)29-25(30-26)20-10-13-27-14-11-20/h2-11,13-14,16H,12,15,17-18H2,1H3,(H,28,29,30). The molecule has 0 fully saturated rings. The van der Waals surface area contributed by atoms with Crippen LogP contribution in [0, 0.1) is 0 Å². The Labute approximate surface area is 188 Å². The lowest BCUT2D eigenvalue weighted by Crippen LogP contribution is -2.31. The van der Waals surface area contributed by atoms with Crippen molar-refractivity contribution in [2.45, 2.75) is 19.5 Å². The SMILES string of the molecule is COc1cccc(Nc2nc(-c3ccncc3)nc3c2CN(Cc2ccccc2)CC3)c1. The Bertz CT molecular complexity index is 1200. The topological polar surface area (TPSA) is 63.2 Å². The van der Waals surface area contributed by atoms with E-state index in [2.05, 4.69) is 45.5 Å². The molecule has 6 heteroatoms. The van der Waals surface area contributed by atoms with Crippen LogP contribution in [0.15, 0.2) is 79.1 Å². The fourth-order valence-corrected chi connectivity index (χ4v) is 4.02. The maximum absolute atomic E-state index is 5.39. The number of ether oxygens (including phenoxy) is 1. The molecule has 5 rings (SSSR count). The van der Waals surface area contributed by atoms with E-state index >= 15 is 0 Å². The van der Waals surface area contributed by atoms with E-state index in [1.54, 1.807) is 19.5 Å². The fraction of sp³-hybridized carbons (Fsp3) is 0.192. The second kappa shape index (κ2) is 9.16. The predicted octanol–water partition coefficient (Wildman–Crippen LogP) is 4.85. The van der Waals surface area contributed by atoms with Gasteiger partial charge in [0.05, 0.1) is 12.8 Å². The minimum absolute atomic E-state index is 0.716. The van der Waals surface area contributed by atoms with Gasteiger partial charge in [0.2, 0.25) is 0 Å². The number of benzene rings is 2. The molecule has 3 heterocycles. The molecule has 0 aliphatic carbocycles. The van der Waals surface area contributed by atoms with Gasteiger partial charge in [0.1, 0.15) is 11.6 Å². The number of pyridine rings is 1. The third-order valence-corrected chi connectivity index (χ3v) is 5.66. The van der Waals surface area contributed by atoms with Gasteiger partial charge in [-0.15, -0.1) is 0 Å². The first-order valence-electron chi connectivity index (χ1n) is 10.8. The molecule has 32 heavy (non-hydrogen) atoms. The zero-order chi connectivity index (χ0) is 21.8. The van der Waals surface area contributed by atoms with Gasteiger partial charge in [-0.1, -0.05) is 36.4 Å². The van der Waals surface area contributed by atoms with Crippen molar-refractivity contribution in [1.29, 1.82) is 0 Å². The van der Waals surface area contributed by atoms with Crippen molar-refractivity contribution in [3.05, 3.63) is 95.9 Å². The van der Waals surface area contributed by atoms with E-state index in [1.165, 1.54) is 5.56 Å². The molecule has 0 spiro atoms. The van der Waals surface area contributed by atoms with Crippen LogP contribution in [0.4, 0.5) is 11.5 Å². The van der Waals surface area contributed by atoms with Crippen molar-refractivity contribution in [2.24, 2.45) is 0 Å². The summed E-state index contributed by atoms with van der Waals surface area (Å²) in [4.78, 5) is 16.4. The number of hydrogen-bond acceptors (Lipinski definition) is 6. The van der Waals surface area contributed by atoms with Gasteiger partial charge in [0.25, 0.3) is 0 Å². The first-order chi connectivity index (χ1) is 15.8. The predicted molar refractivity (Wildman–Crippen MR) is 126 cm³/mol. The van der Waals surface area contributed by atoms with E-state index < -0.39 is 0 Å². The summed E-state index contributed by atoms with van der Waals surface area (Å²) in [7, 11) is 1.68. The van der Waals surface area contributed by atoms with Crippen LogP contribution in [0.3, 0.4) is 0 Å². The molecule has 160 valence electrons. The number of hydrogen-bond donors (Lipinski definition) is 1. The summed E-state index contributed by atoms with van der Waals surface area (Å²) in [6, 6.07) is 22.4. The molecular weight excluding hydrogens is 398 g/mol. The number of fused-ring (bicyclic) bond motifs is 1. The summed E-state index contributed by atoms with van der Waals surface area (Å²) in [6.07, 6.45) is 4.43. The zero-order valence-corrected chi connectivity index (χ0v) is 18.0. The molecule has 2 aromatic heterocycles. The maximum Gasteiger partial charge on any atom is 0.161 e. The molecule has 0 saturated carbocycles. The van der Waals surface area contributed by atoms with Crippen molar-refractivity contribution in [3.63, 3.8) is 0 Å². The van der Waals surface area contributed by atoms with Gasteiger partial charge < -0.3 is 10.1 Å². The lowest BCUT2D eigenvalue weighted by Gasteiger charge is -2.30. The summed E-state index contributed by atoms with van der Waals surface area (Å²) in [5.74, 6) is 2.36. The molecule has 0 amide bonds. The Balaban J connectivity index is 1.50. The van der Waals surface area contributed by atoms with Crippen molar-refractivity contribution in [3.8, 4) is 17.1 Å². The Morgan fingerprint density at radius 3 is 2.62 bits per heavy atom. The number of methoxy groups -OCH3 is 1. The van der Waals surface area contributed by atoms with E-state index in [1.807, 2.05) is 36.4 Å². The van der Waals surface area contributed by atoms with Crippen LogP contribution in [0.5, 0.6) is 5.75 Å². The van der Waals surface area contributed by atoms with Gasteiger partial charge >= 0.3 is 0 Å². The van der Waals surface area contributed by atoms with Gasteiger partial charge in [-0.25, -0.2) is 9.97 Å². The van der Waals surface area contributed by atoms with Crippen LogP contribution in [-0.4, -0.2) is 33.5 Å². The molecule has 0 radical (unpaired) electrons. The lowest BCUT2D eigenvalue weighted by molar-refractivity contribution is 0.243. The number of nitrogens with one attached hydrogen (secondary N) is 1. The summed E-state index contributed by atoms with van der Waals surface area (Å²) in [6.45, 7) is 2.67. The van der Waals surface area contributed by atoms with Crippen molar-refractivity contribution in [2.75, 3.05) is 19.0 Å². The molecular formula is C26H25N5O. The molecule has 0 atom stereocenters. The first-order valence-corrected chi connectivity index (χ1v) is 10.8. The average molecular weight is 424 g/mol. The molecule has 2 aromatic carbocycles. The molecule has 4 aromatic rings. The minimum atomic E-state index is 0.716. The van der Waals surface area contributed by atoms with E-state index in [4.69, 9.17) is 14.7 Å². The highest BCUT2D eigenvalue weighted by Crippen LogP contribution is 2.30. The van der Waals surface area contributed by atoms with E-state index in [-0.39, 0.29) is 0 Å².